The van der Waals surface area contributed by atoms with Crippen molar-refractivity contribution in [2.24, 2.45) is 0 Å². The van der Waals surface area contributed by atoms with Crippen LogP contribution in [0.3, 0.4) is 0 Å². The molecule has 0 unspecified atom stereocenters. The summed E-state index contributed by atoms with van der Waals surface area (Å²) in [7, 11) is 1.81. The molecule has 0 fully saturated rings. The Kier molecular flexibility index (Phi) is 5.04. The number of aromatic nitrogens is 2. The van der Waals surface area contributed by atoms with Crippen LogP contribution >= 0.6 is 23.2 Å². The van der Waals surface area contributed by atoms with Crippen LogP contribution in [0.15, 0.2) is 36.7 Å². The van der Waals surface area contributed by atoms with Gasteiger partial charge in [-0.15, -0.1) is 0 Å². The second-order valence-corrected chi connectivity index (χ2v) is 6.02. The molecule has 3 rings (SSSR count). The number of hydrogen-bond donors (Lipinski definition) is 2. The van der Waals surface area contributed by atoms with E-state index < -0.39 is 0 Å². The van der Waals surface area contributed by atoms with Crippen LogP contribution in [0.5, 0.6) is 5.75 Å². The molecule has 7 heteroatoms. The van der Waals surface area contributed by atoms with Crippen molar-refractivity contribution in [3.63, 3.8) is 0 Å². The first-order valence-electron chi connectivity index (χ1n) is 7.34. The maximum atomic E-state index is 6.14. The number of pyridine rings is 2. The van der Waals surface area contributed by atoms with Crippen LogP contribution in [0.1, 0.15) is 11.3 Å². The summed E-state index contributed by atoms with van der Waals surface area (Å²) in [5.41, 5.74) is 9.35. The molecule has 0 atom stereocenters. The van der Waals surface area contributed by atoms with Crippen molar-refractivity contribution >= 4 is 39.8 Å². The number of aryl methyl sites for hydroxylation is 1. The van der Waals surface area contributed by atoms with Gasteiger partial charge in [0, 0.05) is 36.1 Å². The SMILES string of the molecule is CNNc1cc(C)nc2c(OCc3c(Cl)cncc3Cl)cccc12. The maximum Gasteiger partial charge on any atom is 0.146 e. The minimum atomic E-state index is 0.240. The van der Waals surface area contributed by atoms with Gasteiger partial charge in [0.25, 0.3) is 0 Å². The van der Waals surface area contributed by atoms with E-state index in [9.17, 15) is 0 Å². The molecule has 0 bridgehead atoms. The number of nitrogens with zero attached hydrogens (tertiary/aromatic N) is 2. The monoisotopic (exact) mass is 362 g/mol. The Hall–Kier alpha value is -2.08. The third kappa shape index (κ3) is 3.38. The summed E-state index contributed by atoms with van der Waals surface area (Å²) in [5, 5.41) is 1.91. The number of nitrogens with one attached hydrogen (secondary N) is 2. The molecule has 0 spiro atoms. The van der Waals surface area contributed by atoms with Gasteiger partial charge >= 0.3 is 0 Å². The highest BCUT2D eigenvalue weighted by Gasteiger charge is 2.11. The van der Waals surface area contributed by atoms with Crippen LogP contribution < -0.4 is 15.6 Å². The van der Waals surface area contributed by atoms with Gasteiger partial charge in [-0.3, -0.25) is 4.98 Å². The molecule has 2 aromatic heterocycles. The van der Waals surface area contributed by atoms with Crippen LogP contribution in [0.2, 0.25) is 10.0 Å². The summed E-state index contributed by atoms with van der Waals surface area (Å²) < 4.78 is 5.95. The van der Waals surface area contributed by atoms with Gasteiger partial charge in [0.1, 0.15) is 17.9 Å². The summed E-state index contributed by atoms with van der Waals surface area (Å²) >= 11 is 12.3. The fraction of sp³-hybridized carbons (Fsp3) is 0.176. The predicted molar refractivity (Wildman–Crippen MR) is 97.8 cm³/mol. The number of hydrogen-bond acceptors (Lipinski definition) is 5. The van der Waals surface area contributed by atoms with Crippen LogP contribution in [0.4, 0.5) is 5.69 Å². The quantitative estimate of drug-likeness (QED) is 0.660. The molecule has 2 heterocycles. The zero-order valence-electron chi connectivity index (χ0n) is 13.2. The minimum Gasteiger partial charge on any atom is -0.487 e. The van der Waals surface area contributed by atoms with Crippen molar-refractivity contribution in [1.82, 2.24) is 15.4 Å². The summed E-state index contributed by atoms with van der Waals surface area (Å²) in [6, 6.07) is 7.76. The van der Waals surface area contributed by atoms with Crippen LogP contribution in [0.25, 0.3) is 10.9 Å². The molecule has 3 aromatic rings. The lowest BCUT2D eigenvalue weighted by molar-refractivity contribution is 0.309. The molecule has 2 N–H and O–H groups in total. The Balaban J connectivity index is 1.98. The fourth-order valence-electron chi connectivity index (χ4n) is 2.43. The number of para-hydroxylation sites is 1. The molecule has 0 aliphatic carbocycles. The average molecular weight is 363 g/mol. The molecule has 5 nitrogen and oxygen atoms in total. The van der Waals surface area contributed by atoms with Crippen LogP contribution in [-0.2, 0) is 6.61 Å². The first kappa shape index (κ1) is 16.8. The van der Waals surface area contributed by atoms with Gasteiger partial charge in [0.15, 0.2) is 0 Å². The molecule has 1 aromatic carbocycles. The van der Waals surface area contributed by atoms with Crippen molar-refractivity contribution in [3.8, 4) is 5.75 Å². The second-order valence-electron chi connectivity index (χ2n) is 5.21. The minimum absolute atomic E-state index is 0.240. The second kappa shape index (κ2) is 7.21. The topological polar surface area (TPSA) is 59.1 Å². The van der Waals surface area contributed by atoms with E-state index in [1.165, 1.54) is 0 Å². The summed E-state index contributed by atoms with van der Waals surface area (Å²) in [6.07, 6.45) is 3.10. The van der Waals surface area contributed by atoms with E-state index in [0.717, 1.165) is 22.3 Å². The van der Waals surface area contributed by atoms with Crippen molar-refractivity contribution in [2.75, 3.05) is 12.5 Å². The van der Waals surface area contributed by atoms with E-state index in [0.29, 0.717) is 21.4 Å². The zero-order chi connectivity index (χ0) is 17.1. The molecule has 0 saturated heterocycles. The lowest BCUT2D eigenvalue weighted by Gasteiger charge is -2.14. The van der Waals surface area contributed by atoms with Gasteiger partial charge in [-0.2, -0.15) is 0 Å². The Morgan fingerprint density at radius 2 is 1.92 bits per heavy atom. The lowest BCUT2D eigenvalue weighted by Crippen LogP contribution is -2.15. The first-order chi connectivity index (χ1) is 11.6. The number of anilines is 1. The first-order valence-corrected chi connectivity index (χ1v) is 8.09. The van der Waals surface area contributed by atoms with E-state index in [1.807, 2.05) is 38.2 Å². The number of halogens is 2. The summed E-state index contributed by atoms with van der Waals surface area (Å²) in [5.74, 6) is 0.666. The number of benzene rings is 1. The van der Waals surface area contributed by atoms with Gasteiger partial charge in [-0.1, -0.05) is 35.3 Å². The van der Waals surface area contributed by atoms with Gasteiger partial charge < -0.3 is 10.2 Å². The van der Waals surface area contributed by atoms with Crippen molar-refractivity contribution < 1.29 is 4.74 Å². The molecule has 0 aliphatic heterocycles. The van der Waals surface area contributed by atoms with Gasteiger partial charge in [-0.05, 0) is 19.1 Å². The van der Waals surface area contributed by atoms with Crippen molar-refractivity contribution in [1.29, 1.82) is 0 Å². The van der Waals surface area contributed by atoms with Crippen molar-refractivity contribution in [2.45, 2.75) is 13.5 Å². The van der Waals surface area contributed by atoms with Gasteiger partial charge in [-0.25, -0.2) is 10.4 Å². The largest absolute Gasteiger partial charge is 0.487 e. The highest BCUT2D eigenvalue weighted by Crippen LogP contribution is 2.31. The third-order valence-corrected chi connectivity index (χ3v) is 4.17. The Morgan fingerprint density at radius 3 is 2.62 bits per heavy atom. The van der Waals surface area contributed by atoms with Gasteiger partial charge in [0.2, 0.25) is 0 Å². The molecule has 0 amide bonds. The molecule has 124 valence electrons. The zero-order valence-corrected chi connectivity index (χ0v) is 14.7. The number of fused-ring (bicyclic) bond motifs is 1. The molecule has 0 radical (unpaired) electrons. The average Bonchev–Trinajstić information content (AvgIpc) is 2.55. The highest BCUT2D eigenvalue weighted by atomic mass is 35.5. The van der Waals surface area contributed by atoms with Crippen LogP contribution in [-0.4, -0.2) is 17.0 Å². The molecular formula is C17H16Cl2N4O. The normalized spacial score (nSPS) is 10.8. The highest BCUT2D eigenvalue weighted by molar-refractivity contribution is 6.35. The molecular weight excluding hydrogens is 347 g/mol. The molecule has 0 saturated carbocycles. The van der Waals surface area contributed by atoms with E-state index in [4.69, 9.17) is 27.9 Å². The van der Waals surface area contributed by atoms with Gasteiger partial charge in [0.05, 0.1) is 15.7 Å². The number of hydrazine groups is 1. The molecule has 0 aliphatic rings. The van der Waals surface area contributed by atoms with E-state index in [2.05, 4.69) is 20.8 Å². The Bertz CT molecular complexity index is 866. The maximum absolute atomic E-state index is 6.14. The van der Waals surface area contributed by atoms with Crippen molar-refractivity contribution in [3.05, 3.63) is 58.0 Å². The molecule has 24 heavy (non-hydrogen) atoms. The summed E-state index contributed by atoms with van der Waals surface area (Å²) in [6.45, 7) is 2.18. The standard InChI is InChI=1S/C17H16Cl2N4O/c1-10-6-15(23-20-2)11-4-3-5-16(17(11)22-10)24-9-12-13(18)7-21-8-14(12)19/h3-8,20H,9H2,1-2H3,(H,22,23). The Morgan fingerprint density at radius 1 is 1.17 bits per heavy atom. The fourth-order valence-corrected chi connectivity index (χ4v) is 2.90. The Labute approximate surface area is 149 Å². The smallest absolute Gasteiger partial charge is 0.146 e. The lowest BCUT2D eigenvalue weighted by atomic mass is 10.1. The number of rotatable bonds is 5. The number of ether oxygens (including phenoxy) is 1. The summed E-state index contributed by atoms with van der Waals surface area (Å²) in [4.78, 5) is 8.55. The van der Waals surface area contributed by atoms with Crippen LogP contribution in [0, 0.1) is 6.92 Å². The third-order valence-electron chi connectivity index (χ3n) is 3.51. The van der Waals surface area contributed by atoms with E-state index in [-0.39, 0.29) is 6.61 Å². The predicted octanol–water partition coefficient (Wildman–Crippen LogP) is 4.37. The van der Waals surface area contributed by atoms with E-state index >= 15 is 0 Å². The van der Waals surface area contributed by atoms with E-state index in [1.54, 1.807) is 12.4 Å².